The van der Waals surface area contributed by atoms with Crippen molar-refractivity contribution in [1.82, 2.24) is 0 Å². The van der Waals surface area contributed by atoms with E-state index in [2.05, 4.69) is 13.8 Å². The average Bonchev–Trinajstić information content (AvgIpc) is 2.76. The van der Waals surface area contributed by atoms with Gasteiger partial charge >= 0.3 is 0 Å². The van der Waals surface area contributed by atoms with Gasteiger partial charge in [0.1, 0.15) is 6.79 Å². The standard InChI is InChI=1S/C11H18O2/c1-7-8(2)10-3-9(7)4-11(10)5-12-6-13-11/h7-10H,3-6H2,1-2H3. The maximum Gasteiger partial charge on any atom is 0.147 e. The van der Waals surface area contributed by atoms with Crippen molar-refractivity contribution in [3.8, 4) is 0 Å². The lowest BCUT2D eigenvalue weighted by Gasteiger charge is -2.38. The average molecular weight is 182 g/mol. The largest absolute Gasteiger partial charge is 0.352 e. The second-order valence-electron chi connectivity index (χ2n) is 5.20. The van der Waals surface area contributed by atoms with Crippen LogP contribution in [0.25, 0.3) is 0 Å². The molecule has 3 rings (SSSR count). The van der Waals surface area contributed by atoms with Crippen LogP contribution in [0.4, 0.5) is 0 Å². The lowest BCUT2D eigenvalue weighted by Crippen LogP contribution is -2.43. The minimum Gasteiger partial charge on any atom is -0.352 e. The van der Waals surface area contributed by atoms with Gasteiger partial charge in [-0.25, -0.2) is 0 Å². The van der Waals surface area contributed by atoms with Gasteiger partial charge in [-0.2, -0.15) is 0 Å². The Morgan fingerprint density at radius 2 is 2.08 bits per heavy atom. The Hall–Kier alpha value is -0.0800. The highest BCUT2D eigenvalue weighted by Crippen LogP contribution is 2.59. The monoisotopic (exact) mass is 182 g/mol. The van der Waals surface area contributed by atoms with E-state index in [0.717, 1.165) is 30.3 Å². The molecule has 0 N–H and O–H groups in total. The minimum atomic E-state index is 0.136. The molecule has 5 atom stereocenters. The molecule has 3 aliphatic rings. The molecule has 2 nitrogen and oxygen atoms in total. The van der Waals surface area contributed by atoms with Crippen molar-refractivity contribution >= 4 is 0 Å². The van der Waals surface area contributed by atoms with Gasteiger partial charge in [-0.3, -0.25) is 0 Å². The van der Waals surface area contributed by atoms with Crippen LogP contribution in [0, 0.1) is 23.7 Å². The van der Waals surface area contributed by atoms with Crippen molar-refractivity contribution in [2.75, 3.05) is 13.4 Å². The van der Waals surface area contributed by atoms with Gasteiger partial charge in [0.15, 0.2) is 0 Å². The minimum absolute atomic E-state index is 0.136. The normalized spacial score (nSPS) is 59.5. The van der Waals surface area contributed by atoms with Crippen LogP contribution in [0.5, 0.6) is 0 Å². The van der Waals surface area contributed by atoms with Gasteiger partial charge in [0.05, 0.1) is 12.2 Å². The van der Waals surface area contributed by atoms with Crippen LogP contribution in [0.1, 0.15) is 26.7 Å². The zero-order chi connectivity index (χ0) is 9.05. The van der Waals surface area contributed by atoms with E-state index in [9.17, 15) is 0 Å². The topological polar surface area (TPSA) is 18.5 Å². The third-order valence-corrected chi connectivity index (χ3v) is 4.82. The molecule has 1 heterocycles. The zero-order valence-electron chi connectivity index (χ0n) is 8.45. The summed E-state index contributed by atoms with van der Waals surface area (Å²) >= 11 is 0. The van der Waals surface area contributed by atoms with Crippen molar-refractivity contribution in [2.24, 2.45) is 23.7 Å². The lowest BCUT2D eigenvalue weighted by atomic mass is 9.73. The van der Waals surface area contributed by atoms with E-state index < -0.39 is 0 Å². The molecule has 0 aromatic rings. The van der Waals surface area contributed by atoms with E-state index in [4.69, 9.17) is 9.47 Å². The fourth-order valence-electron chi connectivity index (χ4n) is 3.86. The first kappa shape index (κ1) is 8.25. The third kappa shape index (κ3) is 0.909. The van der Waals surface area contributed by atoms with Crippen molar-refractivity contribution in [1.29, 1.82) is 0 Å². The molecule has 0 radical (unpaired) electrons. The molecule has 1 spiro atoms. The van der Waals surface area contributed by atoms with Crippen molar-refractivity contribution in [2.45, 2.75) is 32.3 Å². The molecular weight excluding hydrogens is 164 g/mol. The third-order valence-electron chi connectivity index (χ3n) is 4.82. The van der Waals surface area contributed by atoms with Crippen LogP contribution in [-0.2, 0) is 9.47 Å². The number of rotatable bonds is 0. The highest BCUT2D eigenvalue weighted by molar-refractivity contribution is 5.08. The predicted octanol–water partition coefficient (Wildman–Crippen LogP) is 2.04. The smallest absolute Gasteiger partial charge is 0.147 e. The van der Waals surface area contributed by atoms with Crippen molar-refractivity contribution < 1.29 is 9.47 Å². The summed E-state index contributed by atoms with van der Waals surface area (Å²) in [7, 11) is 0. The Labute approximate surface area is 79.6 Å². The Balaban J connectivity index is 1.89. The SMILES string of the molecule is CC1C2CC(C1C)C1(COCO1)C2. The van der Waals surface area contributed by atoms with E-state index in [0.29, 0.717) is 6.79 Å². The first-order valence-corrected chi connectivity index (χ1v) is 5.45. The number of hydrogen-bond acceptors (Lipinski definition) is 2. The maximum absolute atomic E-state index is 5.83. The Morgan fingerprint density at radius 3 is 2.62 bits per heavy atom. The summed E-state index contributed by atoms with van der Waals surface area (Å²) in [6, 6.07) is 0. The molecule has 2 saturated carbocycles. The summed E-state index contributed by atoms with van der Waals surface area (Å²) in [4.78, 5) is 0. The van der Waals surface area contributed by atoms with Gasteiger partial charge < -0.3 is 9.47 Å². The summed E-state index contributed by atoms with van der Waals surface area (Å²) in [6.45, 7) is 6.17. The molecular formula is C11H18O2. The molecule has 0 amide bonds. The molecule has 1 aliphatic heterocycles. The van der Waals surface area contributed by atoms with E-state index in [1.807, 2.05) is 0 Å². The van der Waals surface area contributed by atoms with Gasteiger partial charge in [-0.15, -0.1) is 0 Å². The van der Waals surface area contributed by atoms with Gasteiger partial charge in [0.25, 0.3) is 0 Å². The molecule has 2 bridgehead atoms. The summed E-state index contributed by atoms with van der Waals surface area (Å²) in [6.07, 6.45) is 2.63. The molecule has 0 aromatic carbocycles. The number of fused-ring (bicyclic) bond motifs is 3. The van der Waals surface area contributed by atoms with E-state index in [1.165, 1.54) is 12.8 Å². The van der Waals surface area contributed by atoms with Gasteiger partial charge in [0.2, 0.25) is 0 Å². The second kappa shape index (κ2) is 2.48. The van der Waals surface area contributed by atoms with Crippen LogP contribution >= 0.6 is 0 Å². The van der Waals surface area contributed by atoms with Crippen LogP contribution in [-0.4, -0.2) is 19.0 Å². The first-order valence-electron chi connectivity index (χ1n) is 5.45. The van der Waals surface area contributed by atoms with E-state index in [1.54, 1.807) is 0 Å². The summed E-state index contributed by atoms with van der Waals surface area (Å²) in [5.41, 5.74) is 0.136. The lowest BCUT2D eigenvalue weighted by molar-refractivity contribution is -0.0635. The van der Waals surface area contributed by atoms with Gasteiger partial charge in [-0.1, -0.05) is 13.8 Å². The maximum atomic E-state index is 5.83. The Bertz CT molecular complexity index is 218. The molecule has 74 valence electrons. The molecule has 3 fully saturated rings. The van der Waals surface area contributed by atoms with Crippen molar-refractivity contribution in [3.63, 3.8) is 0 Å². The fourth-order valence-corrected chi connectivity index (χ4v) is 3.86. The second-order valence-corrected chi connectivity index (χ2v) is 5.20. The zero-order valence-corrected chi connectivity index (χ0v) is 8.45. The number of hydrogen-bond donors (Lipinski definition) is 0. The predicted molar refractivity (Wildman–Crippen MR) is 49.2 cm³/mol. The first-order chi connectivity index (χ1) is 6.23. The molecule has 2 heteroatoms. The summed E-state index contributed by atoms with van der Waals surface area (Å²) < 4.78 is 11.2. The highest BCUT2D eigenvalue weighted by Gasteiger charge is 2.59. The van der Waals surface area contributed by atoms with E-state index in [-0.39, 0.29) is 5.60 Å². The Morgan fingerprint density at radius 1 is 1.23 bits per heavy atom. The van der Waals surface area contributed by atoms with Crippen LogP contribution in [0.2, 0.25) is 0 Å². The quantitative estimate of drug-likeness (QED) is 0.571. The van der Waals surface area contributed by atoms with Crippen molar-refractivity contribution in [3.05, 3.63) is 0 Å². The van der Waals surface area contributed by atoms with E-state index >= 15 is 0 Å². The van der Waals surface area contributed by atoms with Crippen LogP contribution in [0.15, 0.2) is 0 Å². The Kier molecular flexibility index (Phi) is 1.58. The molecule has 2 aliphatic carbocycles. The molecule has 5 unspecified atom stereocenters. The van der Waals surface area contributed by atoms with Gasteiger partial charge in [-0.05, 0) is 36.5 Å². The van der Waals surface area contributed by atoms with Crippen LogP contribution < -0.4 is 0 Å². The molecule has 1 saturated heterocycles. The highest BCUT2D eigenvalue weighted by atomic mass is 16.7. The van der Waals surface area contributed by atoms with Crippen LogP contribution in [0.3, 0.4) is 0 Å². The molecule has 0 aromatic heterocycles. The summed E-state index contributed by atoms with van der Waals surface area (Å²) in [5, 5.41) is 0. The number of ether oxygens (including phenoxy) is 2. The van der Waals surface area contributed by atoms with Gasteiger partial charge in [0, 0.05) is 0 Å². The fraction of sp³-hybridized carbons (Fsp3) is 1.00. The summed E-state index contributed by atoms with van der Waals surface area (Å²) in [5.74, 6) is 3.41. The molecule has 13 heavy (non-hydrogen) atoms.